The predicted molar refractivity (Wildman–Crippen MR) is 136 cm³/mol. The van der Waals surface area contributed by atoms with Crippen molar-refractivity contribution in [3.8, 4) is 6.07 Å². The number of anilines is 1. The second-order valence-electron chi connectivity index (χ2n) is 7.89. The van der Waals surface area contributed by atoms with Gasteiger partial charge in [0.1, 0.15) is 0 Å². The van der Waals surface area contributed by atoms with Crippen molar-refractivity contribution in [1.82, 2.24) is 0 Å². The number of nitrogens with zero attached hydrogens (tertiary/aromatic N) is 2. The lowest BCUT2D eigenvalue weighted by molar-refractivity contribution is 0.584. The van der Waals surface area contributed by atoms with Gasteiger partial charge in [0.25, 0.3) is 20.0 Å². The van der Waals surface area contributed by atoms with Crippen LogP contribution in [0.5, 0.6) is 0 Å². The van der Waals surface area contributed by atoms with Crippen molar-refractivity contribution in [3.05, 3.63) is 115 Å². The quantitative estimate of drug-likeness (QED) is 0.321. The van der Waals surface area contributed by atoms with Crippen molar-refractivity contribution in [3.63, 3.8) is 0 Å². The average molecular weight is 499 g/mol. The Morgan fingerprint density at radius 3 is 1.51 bits per heavy atom. The van der Waals surface area contributed by atoms with Crippen LogP contribution in [-0.4, -0.2) is 16.8 Å². The SMILES string of the molecule is N#Cc1cccc(N(S(=O)(=O)c2ccc3ccccc3c2)S(=O)(=O)c2ccc3ccccc3c2)c1. The maximum atomic E-state index is 13.9. The Bertz CT molecular complexity index is 1750. The van der Waals surface area contributed by atoms with Gasteiger partial charge >= 0.3 is 0 Å². The van der Waals surface area contributed by atoms with Crippen LogP contribution in [0.2, 0.25) is 0 Å². The minimum absolute atomic E-state index is 0.134. The minimum Gasteiger partial charge on any atom is -0.200 e. The van der Waals surface area contributed by atoms with Crippen molar-refractivity contribution >= 4 is 47.3 Å². The first-order valence-electron chi connectivity index (χ1n) is 10.6. The molecule has 0 radical (unpaired) electrons. The molecule has 5 aromatic carbocycles. The summed E-state index contributed by atoms with van der Waals surface area (Å²) in [6, 6.07) is 30.8. The van der Waals surface area contributed by atoms with Gasteiger partial charge in [0.15, 0.2) is 0 Å². The van der Waals surface area contributed by atoms with Crippen LogP contribution in [0.4, 0.5) is 5.69 Å². The monoisotopic (exact) mass is 498 g/mol. The first-order valence-corrected chi connectivity index (χ1v) is 13.5. The fraction of sp³-hybridized carbons (Fsp3) is 0. The Morgan fingerprint density at radius 2 is 1.03 bits per heavy atom. The molecule has 0 atom stereocenters. The molecule has 0 unspecified atom stereocenters. The van der Waals surface area contributed by atoms with E-state index in [1.165, 1.54) is 48.5 Å². The highest BCUT2D eigenvalue weighted by Gasteiger charge is 2.37. The molecule has 5 aromatic rings. The van der Waals surface area contributed by atoms with E-state index >= 15 is 0 Å². The van der Waals surface area contributed by atoms with E-state index in [0.717, 1.165) is 10.8 Å². The molecular weight excluding hydrogens is 480 g/mol. The molecule has 0 heterocycles. The summed E-state index contributed by atoms with van der Waals surface area (Å²) in [4.78, 5) is -0.356. The highest BCUT2D eigenvalue weighted by atomic mass is 32.3. The summed E-state index contributed by atoms with van der Waals surface area (Å²) >= 11 is 0. The molecule has 172 valence electrons. The van der Waals surface area contributed by atoms with E-state index in [-0.39, 0.29) is 21.0 Å². The van der Waals surface area contributed by atoms with E-state index in [2.05, 4.69) is 0 Å². The number of hydrogen-bond donors (Lipinski definition) is 0. The second kappa shape index (κ2) is 8.55. The molecule has 5 rings (SSSR count). The zero-order chi connectivity index (χ0) is 24.6. The number of fused-ring (bicyclic) bond motifs is 2. The summed E-state index contributed by atoms with van der Waals surface area (Å²) in [6.45, 7) is 0. The normalized spacial score (nSPS) is 11.9. The van der Waals surface area contributed by atoms with Gasteiger partial charge in [-0.2, -0.15) is 8.97 Å². The van der Waals surface area contributed by atoms with Crippen molar-refractivity contribution < 1.29 is 16.8 Å². The molecule has 0 aliphatic heterocycles. The van der Waals surface area contributed by atoms with Gasteiger partial charge in [-0.15, -0.1) is 0 Å². The summed E-state index contributed by atoms with van der Waals surface area (Å²) in [6.07, 6.45) is 0. The molecule has 0 saturated carbocycles. The van der Waals surface area contributed by atoms with E-state index in [0.29, 0.717) is 14.5 Å². The van der Waals surface area contributed by atoms with Crippen LogP contribution in [0.3, 0.4) is 0 Å². The number of rotatable bonds is 5. The van der Waals surface area contributed by atoms with Gasteiger partial charge in [-0.1, -0.05) is 66.7 Å². The van der Waals surface area contributed by atoms with Gasteiger partial charge in [0, 0.05) is 0 Å². The molecule has 0 bridgehead atoms. The lowest BCUT2D eigenvalue weighted by Gasteiger charge is -2.24. The summed E-state index contributed by atoms with van der Waals surface area (Å²) in [5, 5.41) is 12.3. The van der Waals surface area contributed by atoms with Crippen molar-refractivity contribution in [1.29, 1.82) is 5.26 Å². The van der Waals surface area contributed by atoms with Gasteiger partial charge in [0.2, 0.25) is 0 Å². The first kappa shape index (κ1) is 22.6. The van der Waals surface area contributed by atoms with Crippen molar-refractivity contribution in [2.45, 2.75) is 9.79 Å². The summed E-state index contributed by atoms with van der Waals surface area (Å²) in [7, 11) is -9.19. The molecule has 0 aromatic heterocycles. The van der Waals surface area contributed by atoms with Crippen LogP contribution >= 0.6 is 0 Å². The summed E-state index contributed by atoms with van der Waals surface area (Å²) in [5.41, 5.74) is -0.0136. The number of hydrogen-bond acceptors (Lipinski definition) is 5. The van der Waals surface area contributed by atoms with Crippen LogP contribution in [0.1, 0.15) is 5.56 Å². The molecule has 6 nitrogen and oxygen atoms in total. The maximum absolute atomic E-state index is 13.9. The van der Waals surface area contributed by atoms with Crippen LogP contribution in [0.15, 0.2) is 119 Å². The smallest absolute Gasteiger partial charge is 0.200 e. The van der Waals surface area contributed by atoms with Gasteiger partial charge in [-0.05, 0) is 64.0 Å². The molecule has 0 N–H and O–H groups in total. The molecule has 0 amide bonds. The third-order valence-electron chi connectivity index (χ3n) is 5.66. The highest BCUT2D eigenvalue weighted by Crippen LogP contribution is 2.33. The number of benzene rings is 5. The lowest BCUT2D eigenvalue weighted by Crippen LogP contribution is -2.37. The van der Waals surface area contributed by atoms with E-state index in [4.69, 9.17) is 0 Å². The average Bonchev–Trinajstić information content (AvgIpc) is 2.88. The molecule has 0 fully saturated rings. The molecule has 35 heavy (non-hydrogen) atoms. The summed E-state index contributed by atoms with van der Waals surface area (Å²) in [5.74, 6) is 0. The number of sulfonamides is 2. The second-order valence-corrected chi connectivity index (χ2v) is 11.7. The van der Waals surface area contributed by atoms with Crippen LogP contribution in [0, 0.1) is 11.3 Å². The van der Waals surface area contributed by atoms with E-state index in [1.807, 2.05) is 30.3 Å². The zero-order valence-electron chi connectivity index (χ0n) is 18.2. The van der Waals surface area contributed by atoms with Gasteiger partial charge in [-0.3, -0.25) is 0 Å². The highest BCUT2D eigenvalue weighted by molar-refractivity contribution is 8.10. The van der Waals surface area contributed by atoms with Crippen LogP contribution in [-0.2, 0) is 20.0 Å². The molecule has 8 heteroatoms. The first-order chi connectivity index (χ1) is 16.8. The Hall–Kier alpha value is -4.19. The molecule has 0 spiro atoms. The van der Waals surface area contributed by atoms with Crippen LogP contribution < -0.4 is 3.71 Å². The topological polar surface area (TPSA) is 95.3 Å². The van der Waals surface area contributed by atoms with E-state index < -0.39 is 20.0 Å². The van der Waals surface area contributed by atoms with Gasteiger partial charge < -0.3 is 0 Å². The number of nitriles is 1. The van der Waals surface area contributed by atoms with Crippen LogP contribution in [0.25, 0.3) is 21.5 Å². The minimum atomic E-state index is -4.59. The Labute approximate surface area is 203 Å². The van der Waals surface area contributed by atoms with E-state index in [9.17, 15) is 22.1 Å². The standard InChI is InChI=1S/C27H18N2O4S2/c28-19-20-6-5-11-25(16-20)29(34(30,31)26-14-12-21-7-1-3-9-23(21)17-26)35(32,33)27-15-13-22-8-2-4-10-24(22)18-27/h1-18H. The largest absolute Gasteiger partial charge is 0.277 e. The zero-order valence-corrected chi connectivity index (χ0v) is 19.9. The third-order valence-corrected chi connectivity index (χ3v) is 9.83. The van der Waals surface area contributed by atoms with Gasteiger partial charge in [-0.25, -0.2) is 16.8 Å². The molecule has 0 aliphatic rings. The third kappa shape index (κ3) is 4.01. The predicted octanol–water partition coefficient (Wildman–Crippen LogP) is 5.45. The maximum Gasteiger partial charge on any atom is 0.277 e. The Kier molecular flexibility index (Phi) is 5.52. The summed E-state index contributed by atoms with van der Waals surface area (Å²) < 4.78 is 56.1. The molecule has 0 saturated heterocycles. The fourth-order valence-corrected chi connectivity index (χ4v) is 7.69. The molecule has 0 aliphatic carbocycles. The van der Waals surface area contributed by atoms with E-state index in [1.54, 1.807) is 36.4 Å². The fourth-order valence-electron chi connectivity index (χ4n) is 3.94. The Balaban J connectivity index is 1.75. The molecular formula is C27H18N2O4S2. The van der Waals surface area contributed by atoms with Gasteiger partial charge in [0.05, 0.1) is 27.1 Å². The van der Waals surface area contributed by atoms with Crippen molar-refractivity contribution in [2.24, 2.45) is 0 Å². The Morgan fingerprint density at radius 1 is 0.543 bits per heavy atom. The van der Waals surface area contributed by atoms with Crippen molar-refractivity contribution in [2.75, 3.05) is 3.71 Å². The lowest BCUT2D eigenvalue weighted by atomic mass is 10.1.